The minimum atomic E-state index is -0.385. The number of nitrogens with zero attached hydrogens (tertiary/aromatic N) is 4. The molecule has 0 aromatic carbocycles. The van der Waals surface area contributed by atoms with Crippen molar-refractivity contribution < 1.29 is 9.66 Å². The number of anilines is 1. The zero-order valence-electron chi connectivity index (χ0n) is 12.2. The first-order chi connectivity index (χ1) is 10.1. The van der Waals surface area contributed by atoms with E-state index in [-0.39, 0.29) is 10.6 Å². The van der Waals surface area contributed by atoms with Crippen LogP contribution in [0.25, 0.3) is 0 Å². The highest BCUT2D eigenvalue weighted by molar-refractivity contribution is 5.48. The average Bonchev–Trinajstić information content (AvgIpc) is 3.01. The highest BCUT2D eigenvalue weighted by Gasteiger charge is 2.27. The zero-order valence-corrected chi connectivity index (χ0v) is 12.2. The van der Waals surface area contributed by atoms with Crippen LogP contribution < -0.4 is 4.90 Å². The Kier molecular flexibility index (Phi) is 4.03. The molecule has 0 amide bonds. The van der Waals surface area contributed by atoms with E-state index in [0.29, 0.717) is 11.6 Å². The van der Waals surface area contributed by atoms with E-state index in [1.165, 1.54) is 6.20 Å². The van der Waals surface area contributed by atoms with E-state index in [0.717, 1.165) is 51.6 Å². The molecule has 1 atom stereocenters. The molecule has 21 heavy (non-hydrogen) atoms. The van der Waals surface area contributed by atoms with E-state index in [1.54, 1.807) is 6.92 Å². The summed E-state index contributed by atoms with van der Waals surface area (Å²) in [4.78, 5) is 19.4. The van der Waals surface area contributed by atoms with Gasteiger partial charge in [-0.3, -0.25) is 15.0 Å². The number of piperazine rings is 1. The first-order valence-electron chi connectivity index (χ1n) is 7.33. The summed E-state index contributed by atoms with van der Waals surface area (Å²) in [5.74, 6) is 0.834. The predicted molar refractivity (Wildman–Crippen MR) is 78.6 cm³/mol. The van der Waals surface area contributed by atoms with Crippen LogP contribution in [0.2, 0.25) is 0 Å². The molecular weight excluding hydrogens is 272 g/mol. The van der Waals surface area contributed by atoms with Gasteiger partial charge in [-0.25, -0.2) is 4.98 Å². The van der Waals surface area contributed by atoms with Gasteiger partial charge in [0.05, 0.1) is 11.5 Å². The van der Waals surface area contributed by atoms with Crippen molar-refractivity contribution in [1.82, 2.24) is 9.88 Å². The Labute approximate surface area is 123 Å². The van der Waals surface area contributed by atoms with Gasteiger partial charge in [0.2, 0.25) is 0 Å². The molecule has 114 valence electrons. The maximum Gasteiger partial charge on any atom is 0.290 e. The van der Waals surface area contributed by atoms with Crippen LogP contribution in [0, 0.1) is 17.0 Å². The number of pyridine rings is 1. The quantitative estimate of drug-likeness (QED) is 0.616. The summed E-state index contributed by atoms with van der Waals surface area (Å²) in [5.41, 5.74) is 0.747. The second-order valence-corrected chi connectivity index (χ2v) is 5.63. The van der Waals surface area contributed by atoms with E-state index in [9.17, 15) is 10.1 Å². The number of nitro groups is 1. The molecular formula is C14H20N4O3. The lowest BCUT2D eigenvalue weighted by Crippen LogP contribution is -2.50. The predicted octanol–water partition coefficient (Wildman–Crippen LogP) is 1.21. The molecule has 0 bridgehead atoms. The van der Waals surface area contributed by atoms with Crippen molar-refractivity contribution in [2.45, 2.75) is 19.4 Å². The summed E-state index contributed by atoms with van der Waals surface area (Å²) >= 11 is 0. The van der Waals surface area contributed by atoms with E-state index in [2.05, 4.69) is 14.8 Å². The maximum absolute atomic E-state index is 10.8. The van der Waals surface area contributed by atoms with E-state index in [1.807, 2.05) is 6.07 Å². The molecule has 7 nitrogen and oxygen atoms in total. The largest absolute Gasteiger partial charge is 0.380 e. The molecule has 1 aromatic rings. The summed E-state index contributed by atoms with van der Waals surface area (Å²) in [7, 11) is 0. The first-order valence-corrected chi connectivity index (χ1v) is 7.33. The third kappa shape index (κ3) is 2.98. The van der Waals surface area contributed by atoms with Crippen molar-refractivity contribution in [2.24, 2.45) is 0 Å². The van der Waals surface area contributed by atoms with Crippen LogP contribution in [-0.2, 0) is 4.74 Å². The van der Waals surface area contributed by atoms with Crippen molar-refractivity contribution >= 4 is 11.5 Å². The lowest BCUT2D eigenvalue weighted by atomic mass is 10.2. The zero-order chi connectivity index (χ0) is 14.8. The molecule has 0 N–H and O–H groups in total. The third-order valence-electron chi connectivity index (χ3n) is 4.33. The van der Waals surface area contributed by atoms with Crippen LogP contribution in [0.5, 0.6) is 0 Å². The van der Waals surface area contributed by atoms with E-state index in [4.69, 9.17) is 4.74 Å². The van der Waals surface area contributed by atoms with Gasteiger partial charge in [0.1, 0.15) is 12.0 Å². The van der Waals surface area contributed by atoms with Gasteiger partial charge in [-0.1, -0.05) is 0 Å². The molecule has 2 aliphatic heterocycles. The van der Waals surface area contributed by atoms with E-state index < -0.39 is 0 Å². The van der Waals surface area contributed by atoms with Crippen LogP contribution in [0.1, 0.15) is 12.0 Å². The van der Waals surface area contributed by atoms with Gasteiger partial charge in [0, 0.05) is 44.4 Å². The molecule has 2 saturated heterocycles. The molecule has 0 aliphatic carbocycles. The molecule has 3 rings (SSSR count). The smallest absolute Gasteiger partial charge is 0.290 e. The Bertz CT molecular complexity index is 523. The number of rotatable bonds is 3. The topological polar surface area (TPSA) is 71.7 Å². The van der Waals surface area contributed by atoms with Crippen molar-refractivity contribution in [3.05, 3.63) is 27.9 Å². The average molecular weight is 292 g/mol. The van der Waals surface area contributed by atoms with Crippen LogP contribution in [0.4, 0.5) is 11.5 Å². The molecule has 3 heterocycles. The van der Waals surface area contributed by atoms with Gasteiger partial charge in [-0.2, -0.15) is 0 Å². The fourth-order valence-corrected chi connectivity index (χ4v) is 3.02. The Morgan fingerprint density at radius 1 is 1.38 bits per heavy atom. The summed E-state index contributed by atoms with van der Waals surface area (Å²) in [6.07, 6.45) is 2.48. The Hall–Kier alpha value is -1.73. The SMILES string of the molecule is Cc1cc(N2CCN(C3CCOC3)CC2)ncc1[N+](=O)[O-]. The van der Waals surface area contributed by atoms with Gasteiger partial charge in [0.15, 0.2) is 0 Å². The van der Waals surface area contributed by atoms with E-state index >= 15 is 0 Å². The van der Waals surface area contributed by atoms with Gasteiger partial charge < -0.3 is 9.64 Å². The molecule has 0 radical (unpaired) electrons. The minimum Gasteiger partial charge on any atom is -0.380 e. The van der Waals surface area contributed by atoms with Crippen molar-refractivity contribution in [3.63, 3.8) is 0 Å². The fourth-order valence-electron chi connectivity index (χ4n) is 3.02. The fraction of sp³-hybridized carbons (Fsp3) is 0.643. The first kappa shape index (κ1) is 14.2. The van der Waals surface area contributed by atoms with Crippen molar-refractivity contribution in [1.29, 1.82) is 0 Å². The number of aromatic nitrogens is 1. The highest BCUT2D eigenvalue weighted by atomic mass is 16.6. The second kappa shape index (κ2) is 5.95. The Morgan fingerprint density at radius 3 is 2.71 bits per heavy atom. The summed E-state index contributed by atoms with van der Waals surface area (Å²) < 4.78 is 5.44. The summed E-state index contributed by atoms with van der Waals surface area (Å²) in [6.45, 7) is 7.26. The maximum atomic E-state index is 10.8. The molecule has 0 spiro atoms. The monoisotopic (exact) mass is 292 g/mol. The summed E-state index contributed by atoms with van der Waals surface area (Å²) in [6, 6.07) is 2.37. The molecule has 2 aliphatic rings. The minimum absolute atomic E-state index is 0.0838. The highest BCUT2D eigenvalue weighted by Crippen LogP contribution is 2.23. The van der Waals surface area contributed by atoms with Gasteiger partial charge in [-0.05, 0) is 19.4 Å². The molecule has 2 fully saturated rings. The second-order valence-electron chi connectivity index (χ2n) is 5.63. The van der Waals surface area contributed by atoms with Gasteiger partial charge in [0.25, 0.3) is 5.69 Å². The number of hydrogen-bond acceptors (Lipinski definition) is 6. The van der Waals surface area contributed by atoms with Crippen LogP contribution >= 0.6 is 0 Å². The third-order valence-corrected chi connectivity index (χ3v) is 4.33. The molecule has 1 aromatic heterocycles. The van der Waals surface area contributed by atoms with Crippen molar-refractivity contribution in [3.8, 4) is 0 Å². The van der Waals surface area contributed by atoms with Gasteiger partial charge in [-0.15, -0.1) is 0 Å². The lowest BCUT2D eigenvalue weighted by Gasteiger charge is -2.38. The number of ether oxygens (including phenoxy) is 1. The van der Waals surface area contributed by atoms with Crippen LogP contribution in [0.15, 0.2) is 12.3 Å². The van der Waals surface area contributed by atoms with Crippen LogP contribution in [0.3, 0.4) is 0 Å². The molecule has 7 heteroatoms. The molecule has 0 saturated carbocycles. The van der Waals surface area contributed by atoms with Gasteiger partial charge >= 0.3 is 0 Å². The summed E-state index contributed by atoms with van der Waals surface area (Å²) in [5, 5.41) is 10.8. The number of hydrogen-bond donors (Lipinski definition) is 0. The van der Waals surface area contributed by atoms with Crippen molar-refractivity contribution in [2.75, 3.05) is 44.3 Å². The Morgan fingerprint density at radius 2 is 2.14 bits per heavy atom. The normalized spacial score (nSPS) is 23.5. The standard InChI is InChI=1S/C14H20N4O3/c1-11-8-14(15-9-13(11)18(19)20)17-5-3-16(4-6-17)12-2-7-21-10-12/h8-9,12H,2-7,10H2,1H3. The number of aryl methyl sites for hydroxylation is 1. The lowest BCUT2D eigenvalue weighted by molar-refractivity contribution is -0.385. The molecule has 1 unspecified atom stereocenters. The van der Waals surface area contributed by atoms with Crippen LogP contribution in [-0.4, -0.2) is 60.2 Å². The Balaban J connectivity index is 1.64.